The number of alkyl halides is 9. The van der Waals surface area contributed by atoms with Crippen molar-refractivity contribution in [2.45, 2.75) is 18.5 Å². The lowest BCUT2D eigenvalue weighted by Gasteiger charge is -2.15. The predicted octanol–water partition coefficient (Wildman–Crippen LogP) is 5.28. The van der Waals surface area contributed by atoms with E-state index in [9.17, 15) is 39.5 Å². The Morgan fingerprint density at radius 2 is 1.59 bits per heavy atom. The highest BCUT2D eigenvalue weighted by Crippen LogP contribution is 2.40. The van der Waals surface area contributed by atoms with Crippen LogP contribution in [0.15, 0.2) is 35.8 Å². The van der Waals surface area contributed by atoms with E-state index in [4.69, 9.17) is 4.74 Å². The first-order valence-electron chi connectivity index (χ1n) is 7.39. The zero-order chi connectivity index (χ0) is 22.2. The molecule has 1 aromatic carbocycles. The summed E-state index contributed by atoms with van der Waals surface area (Å²) in [4.78, 5) is 6.54. The van der Waals surface area contributed by atoms with E-state index in [1.54, 1.807) is 0 Å². The molecule has 0 aliphatic rings. The molecule has 13 heteroatoms. The van der Waals surface area contributed by atoms with Gasteiger partial charge in [-0.25, -0.2) is 9.98 Å². The van der Waals surface area contributed by atoms with Gasteiger partial charge in [-0.3, -0.25) is 4.57 Å². The van der Waals surface area contributed by atoms with E-state index in [1.165, 1.54) is 0 Å². The zero-order valence-electron chi connectivity index (χ0n) is 14.2. The van der Waals surface area contributed by atoms with Gasteiger partial charge in [0.2, 0.25) is 11.5 Å². The molecular formula is C16H10F9N3O. The highest BCUT2D eigenvalue weighted by molar-refractivity contribution is 5.50. The van der Waals surface area contributed by atoms with Gasteiger partial charge < -0.3 is 4.74 Å². The highest BCUT2D eigenvalue weighted by Gasteiger charge is 2.38. The molecule has 2 aromatic rings. The van der Waals surface area contributed by atoms with E-state index >= 15 is 0 Å². The molecule has 1 heterocycles. The number of rotatable bonds is 3. The van der Waals surface area contributed by atoms with E-state index in [0.29, 0.717) is 22.8 Å². The maximum Gasteiger partial charge on any atom is 0.433 e. The van der Waals surface area contributed by atoms with Gasteiger partial charge in [-0.1, -0.05) is 6.58 Å². The molecule has 0 aliphatic carbocycles. The zero-order valence-corrected chi connectivity index (χ0v) is 14.2. The Morgan fingerprint density at radius 3 is 2.03 bits per heavy atom. The highest BCUT2D eigenvalue weighted by atomic mass is 19.4. The van der Waals surface area contributed by atoms with Crippen LogP contribution >= 0.6 is 0 Å². The molecule has 4 nitrogen and oxygen atoms in total. The minimum atomic E-state index is -5.27. The van der Waals surface area contributed by atoms with Crippen LogP contribution < -0.4 is 10.4 Å². The first-order chi connectivity index (χ1) is 13.2. The van der Waals surface area contributed by atoms with Crippen LogP contribution in [0.5, 0.6) is 5.88 Å². The fourth-order valence-electron chi connectivity index (χ4n) is 2.18. The Hall–Kier alpha value is -2.99. The standard InChI is InChI=1S/C16H10F9N3O/c1-3-28-12(29-2)7-11(16(23,24)25)27-13(28)26-10-5-4-8(14(17,18)19)6-9(10)15(20,21)22/h3-7H,1H2,2H3. The van der Waals surface area contributed by atoms with Crippen LogP contribution in [0.3, 0.4) is 0 Å². The van der Waals surface area contributed by atoms with Crippen molar-refractivity contribution >= 4 is 11.9 Å². The van der Waals surface area contributed by atoms with Gasteiger partial charge in [0.1, 0.15) is 0 Å². The molecule has 0 atom stereocenters. The van der Waals surface area contributed by atoms with Gasteiger partial charge in [-0.05, 0) is 18.2 Å². The Morgan fingerprint density at radius 1 is 0.966 bits per heavy atom. The van der Waals surface area contributed by atoms with E-state index in [2.05, 4.69) is 16.6 Å². The summed E-state index contributed by atoms with van der Waals surface area (Å²) < 4.78 is 122. The molecule has 0 saturated heterocycles. The smallest absolute Gasteiger partial charge is 0.433 e. The summed E-state index contributed by atoms with van der Waals surface area (Å²) in [5.41, 5.74) is -6.95. The molecule has 0 spiro atoms. The minimum absolute atomic E-state index is 0.193. The molecule has 0 aliphatic heterocycles. The van der Waals surface area contributed by atoms with E-state index in [0.717, 1.165) is 13.3 Å². The van der Waals surface area contributed by atoms with Crippen molar-refractivity contribution in [1.82, 2.24) is 9.55 Å². The van der Waals surface area contributed by atoms with Crippen molar-refractivity contribution in [2.75, 3.05) is 7.11 Å². The number of methoxy groups -OCH3 is 1. The third-order valence-corrected chi connectivity index (χ3v) is 3.47. The lowest BCUT2D eigenvalue weighted by atomic mass is 10.1. The second kappa shape index (κ2) is 7.44. The number of nitrogens with zero attached hydrogens (tertiary/aromatic N) is 3. The molecule has 0 unspecified atom stereocenters. The average molecular weight is 431 g/mol. The van der Waals surface area contributed by atoms with Crippen molar-refractivity contribution < 1.29 is 44.3 Å². The number of hydrogen-bond donors (Lipinski definition) is 0. The van der Waals surface area contributed by atoms with E-state index < -0.39 is 52.5 Å². The summed E-state index contributed by atoms with van der Waals surface area (Å²) in [7, 11) is 0.985. The van der Waals surface area contributed by atoms with Crippen LogP contribution in [-0.2, 0) is 18.5 Å². The molecular weight excluding hydrogens is 421 g/mol. The van der Waals surface area contributed by atoms with Crippen molar-refractivity contribution in [2.24, 2.45) is 4.99 Å². The normalized spacial score (nSPS) is 13.5. The SMILES string of the molecule is C=Cn1c(OC)cc(C(F)(F)F)nc1=Nc1ccc(C(F)(F)F)cc1C(F)(F)F. The van der Waals surface area contributed by atoms with Crippen LogP contribution in [0.4, 0.5) is 45.2 Å². The predicted molar refractivity (Wildman–Crippen MR) is 81.8 cm³/mol. The average Bonchev–Trinajstić information content (AvgIpc) is 2.58. The van der Waals surface area contributed by atoms with Gasteiger partial charge >= 0.3 is 18.5 Å². The molecule has 1 aromatic heterocycles. The molecule has 0 radical (unpaired) electrons. The molecule has 0 bridgehead atoms. The fourth-order valence-corrected chi connectivity index (χ4v) is 2.18. The van der Waals surface area contributed by atoms with Gasteiger partial charge in [0.25, 0.3) is 0 Å². The van der Waals surface area contributed by atoms with Gasteiger partial charge in [0.15, 0.2) is 5.69 Å². The van der Waals surface area contributed by atoms with Gasteiger partial charge in [-0.2, -0.15) is 39.5 Å². The van der Waals surface area contributed by atoms with Crippen LogP contribution in [0.2, 0.25) is 0 Å². The van der Waals surface area contributed by atoms with Gasteiger partial charge in [0, 0.05) is 12.3 Å². The summed E-state index contributed by atoms with van der Waals surface area (Å²) in [6.07, 6.45) is -14.5. The Kier molecular flexibility index (Phi) is 5.72. The maximum absolute atomic E-state index is 13.2. The summed E-state index contributed by atoms with van der Waals surface area (Å²) >= 11 is 0. The summed E-state index contributed by atoms with van der Waals surface area (Å²) in [6.45, 7) is 3.28. The largest absolute Gasteiger partial charge is 0.482 e. The van der Waals surface area contributed by atoms with Crippen LogP contribution in [-0.4, -0.2) is 16.7 Å². The van der Waals surface area contributed by atoms with Crippen LogP contribution in [0, 0.1) is 0 Å². The molecule has 0 amide bonds. The number of halogens is 9. The Labute approximate surface area is 156 Å². The molecule has 0 fully saturated rings. The molecule has 0 N–H and O–H groups in total. The molecule has 2 rings (SSSR count). The quantitative estimate of drug-likeness (QED) is 0.621. The Balaban J connectivity index is 2.87. The third kappa shape index (κ3) is 4.90. The minimum Gasteiger partial charge on any atom is -0.482 e. The van der Waals surface area contributed by atoms with Crippen molar-refractivity contribution in [3.8, 4) is 5.88 Å². The number of aromatic nitrogens is 2. The fraction of sp³-hybridized carbons (Fsp3) is 0.250. The molecule has 158 valence electrons. The van der Waals surface area contributed by atoms with Gasteiger partial charge in [-0.15, -0.1) is 0 Å². The summed E-state index contributed by atoms with van der Waals surface area (Å²) in [6, 6.07) is 0.963. The molecule has 0 saturated carbocycles. The van der Waals surface area contributed by atoms with E-state index in [-0.39, 0.29) is 6.07 Å². The summed E-state index contributed by atoms with van der Waals surface area (Å²) in [5, 5.41) is 0. The van der Waals surface area contributed by atoms with Crippen LogP contribution in [0.1, 0.15) is 16.8 Å². The van der Waals surface area contributed by atoms with Crippen molar-refractivity contribution in [1.29, 1.82) is 0 Å². The number of benzene rings is 1. The third-order valence-electron chi connectivity index (χ3n) is 3.47. The lowest BCUT2D eigenvalue weighted by molar-refractivity contribution is -0.143. The van der Waals surface area contributed by atoms with Crippen molar-refractivity contribution in [3.05, 3.63) is 53.3 Å². The second-order valence-corrected chi connectivity index (χ2v) is 5.37. The first-order valence-corrected chi connectivity index (χ1v) is 7.39. The number of ether oxygens (including phenoxy) is 1. The van der Waals surface area contributed by atoms with E-state index in [1.807, 2.05) is 0 Å². The molecule has 29 heavy (non-hydrogen) atoms. The lowest BCUT2D eigenvalue weighted by Crippen LogP contribution is -2.26. The van der Waals surface area contributed by atoms with Crippen LogP contribution in [0.25, 0.3) is 6.20 Å². The topological polar surface area (TPSA) is 39.4 Å². The Bertz CT molecular complexity index is 985. The second-order valence-electron chi connectivity index (χ2n) is 5.37. The monoisotopic (exact) mass is 431 g/mol. The summed E-state index contributed by atoms with van der Waals surface area (Å²) in [5.74, 6) is -0.512. The number of hydrogen-bond acceptors (Lipinski definition) is 3. The maximum atomic E-state index is 13.2. The first kappa shape index (κ1) is 22.3. The van der Waals surface area contributed by atoms with Gasteiger partial charge in [0.05, 0.1) is 23.9 Å². The van der Waals surface area contributed by atoms with Crippen molar-refractivity contribution in [3.63, 3.8) is 0 Å².